The van der Waals surface area contributed by atoms with Gasteiger partial charge in [0, 0.05) is 38.1 Å². The highest BCUT2D eigenvalue weighted by molar-refractivity contribution is 5.97. The number of rotatable bonds is 28. The van der Waals surface area contributed by atoms with Crippen molar-refractivity contribution in [2.75, 3.05) is 19.6 Å². The Labute approximate surface area is 583 Å². The van der Waals surface area contributed by atoms with E-state index in [1.165, 1.54) is 10.5 Å². The SMILES string of the molecule is NC(N)=NCCC[C@H](NC(=O)[C@@H]1CC[C@@H]2CCC(NC(=O)Cc3ccccc3)C(=O)N21)C(=O)NCCCc1ccccc1.NC(N)=NCCC[C@H](NC(=O)[C@@H]1CC[C@@H]2CCC(NC(=O)Cc3ccccc3)C(=O)N21)C(=O)N[C@@H](Cc1ccccc1)C(=O)O.O=C(O)C(F)(F)F.O=C(O)C(F)(F)F. The zero-order valence-corrected chi connectivity index (χ0v) is 55.6. The predicted molar refractivity (Wildman–Crippen MR) is 358 cm³/mol. The van der Waals surface area contributed by atoms with Crippen molar-refractivity contribution in [3.63, 3.8) is 0 Å². The summed E-state index contributed by atoms with van der Waals surface area (Å²) < 4.78 is 63.5. The number of aliphatic carboxylic acids is 3. The number of guanidine groups is 2. The van der Waals surface area contributed by atoms with Gasteiger partial charge in [-0.25, -0.2) is 14.4 Å². The number of fused-ring (bicyclic) bond motifs is 2. The minimum absolute atomic E-state index is 0.0306. The molecule has 0 aromatic heterocycles. The van der Waals surface area contributed by atoms with Gasteiger partial charge in [-0.05, 0) is 112 Å². The van der Waals surface area contributed by atoms with Crippen LogP contribution in [0.3, 0.4) is 0 Å². The van der Waals surface area contributed by atoms with E-state index in [9.17, 15) is 74.6 Å². The van der Waals surface area contributed by atoms with E-state index in [1.807, 2.05) is 97.1 Å². The number of piperidine rings is 2. The van der Waals surface area contributed by atoms with Crippen molar-refractivity contribution in [1.29, 1.82) is 0 Å². The van der Waals surface area contributed by atoms with Crippen molar-refractivity contribution in [1.82, 2.24) is 41.7 Å². The standard InChI is InChI=1S/C32H41N7O6.C32H43N7O4.2C2HF3O2/c33-32(34)35-17-7-12-23(28(41)38-25(31(44)45)18-20-8-3-1-4-9-20)37-29(42)26-16-14-22-13-15-24(30(43)39(22)26)36-27(40)19-21-10-5-2-6-11-21;33-32(34)36-20-8-14-25(29(41)35-19-7-13-22-9-3-1-4-10-22)38-30(42)27-18-16-24-15-17-26(31(43)39(24)27)37-28(40)21-23-11-5-2-6-12-23;2*3-2(4,5)1(6)7/h1-6,8-11,22-26H,7,12-19H2,(H,36,40)(H,37,42)(H,38,41)(H,44,45)(H4,33,34,35);1-6,9-12,24-27H,7-8,13-21H2,(H,35,41)(H,37,40)(H,38,42)(H4,33,34,36);2*(H,6,7)/t22-,23-,24?,25-,26-;24-,25-,26?,27-;;/m00../s1. The van der Waals surface area contributed by atoms with E-state index >= 15 is 0 Å². The fraction of sp³-hybridized carbons (Fsp3) is 0.456. The molecule has 28 nitrogen and oxygen atoms in total. The number of aryl methyl sites for hydroxylation is 1. The monoisotopic (exact) mass is 1440 g/mol. The summed E-state index contributed by atoms with van der Waals surface area (Å²) in [5.74, 6) is -9.77. The van der Waals surface area contributed by atoms with Gasteiger partial charge < -0.3 is 80.0 Å². The normalized spacial score (nSPS) is 19.0. The predicted octanol–water partition coefficient (Wildman–Crippen LogP) is 2.64. The molecule has 34 heteroatoms. The number of carbonyl (C=O) groups is 11. The summed E-state index contributed by atoms with van der Waals surface area (Å²) in [4.78, 5) is 147. The van der Waals surface area contributed by atoms with E-state index in [4.69, 9.17) is 42.7 Å². The molecule has 0 saturated carbocycles. The van der Waals surface area contributed by atoms with Crippen molar-refractivity contribution in [2.45, 2.75) is 176 Å². The molecule has 8 amide bonds. The lowest BCUT2D eigenvalue weighted by molar-refractivity contribution is -0.193. The van der Waals surface area contributed by atoms with Crippen molar-refractivity contribution < 1.29 is 94.4 Å². The van der Waals surface area contributed by atoms with Gasteiger partial charge in [-0.2, -0.15) is 26.3 Å². The number of carbonyl (C=O) groups excluding carboxylic acids is 8. The number of hydrogen-bond donors (Lipinski definition) is 13. The lowest BCUT2D eigenvalue weighted by atomic mass is 9.97. The van der Waals surface area contributed by atoms with Gasteiger partial charge in [0.1, 0.15) is 42.3 Å². The number of halogens is 6. The Bertz CT molecular complexity index is 3490. The summed E-state index contributed by atoms with van der Waals surface area (Å²) in [7, 11) is 0. The highest BCUT2D eigenvalue weighted by Crippen LogP contribution is 2.34. The molecule has 102 heavy (non-hydrogen) atoms. The van der Waals surface area contributed by atoms with E-state index in [1.54, 1.807) is 29.2 Å². The number of hydrogen-bond acceptors (Lipinski definition) is 13. The molecule has 4 saturated heterocycles. The van der Waals surface area contributed by atoms with Crippen LogP contribution in [0.4, 0.5) is 26.3 Å². The summed E-state index contributed by atoms with van der Waals surface area (Å²) in [6, 6.07) is 31.2. The number of alkyl halides is 6. The second kappa shape index (κ2) is 40.4. The minimum Gasteiger partial charge on any atom is -0.480 e. The number of nitrogens with zero attached hydrogens (tertiary/aromatic N) is 4. The molecule has 4 aromatic carbocycles. The highest BCUT2D eigenvalue weighted by atomic mass is 19.4. The first-order chi connectivity index (χ1) is 48.3. The van der Waals surface area contributed by atoms with Crippen LogP contribution in [0.15, 0.2) is 131 Å². The largest absolute Gasteiger partial charge is 0.490 e. The Morgan fingerprint density at radius 3 is 1.19 bits per heavy atom. The number of benzene rings is 4. The Morgan fingerprint density at radius 1 is 0.471 bits per heavy atom. The molecule has 0 spiro atoms. The van der Waals surface area contributed by atoms with Gasteiger partial charge in [-0.3, -0.25) is 48.3 Å². The summed E-state index contributed by atoms with van der Waals surface area (Å²) in [6.45, 7) is 1.000. The molecular weight excluding hydrogens is 1350 g/mol. The maximum absolute atomic E-state index is 13.6. The van der Waals surface area contributed by atoms with E-state index in [0.717, 1.165) is 29.5 Å². The third-order valence-electron chi connectivity index (χ3n) is 16.7. The first-order valence-corrected chi connectivity index (χ1v) is 32.8. The van der Waals surface area contributed by atoms with Gasteiger partial charge in [-0.1, -0.05) is 121 Å². The number of aliphatic imine (C=N–C) groups is 2. The maximum atomic E-state index is 13.6. The van der Waals surface area contributed by atoms with Crippen LogP contribution >= 0.6 is 0 Å². The number of nitrogens with one attached hydrogen (secondary N) is 6. The Kier molecular flexibility index (Phi) is 32.4. The van der Waals surface area contributed by atoms with E-state index in [2.05, 4.69) is 41.9 Å². The number of carboxylic acids is 3. The first-order valence-electron chi connectivity index (χ1n) is 32.8. The molecule has 8 rings (SSSR count). The molecular formula is C68H86F6N14O14. The van der Waals surface area contributed by atoms with Crippen LogP contribution in [-0.2, 0) is 78.4 Å². The van der Waals surface area contributed by atoms with E-state index < -0.39 is 84.4 Å². The van der Waals surface area contributed by atoms with E-state index in [-0.39, 0.29) is 91.7 Å². The molecule has 4 fully saturated rings. The molecule has 0 bridgehead atoms. The summed E-state index contributed by atoms with van der Waals surface area (Å²) >= 11 is 0. The van der Waals surface area contributed by atoms with Crippen LogP contribution in [0, 0.1) is 0 Å². The van der Waals surface area contributed by atoms with Crippen molar-refractivity contribution in [2.24, 2.45) is 32.9 Å². The maximum Gasteiger partial charge on any atom is 0.490 e. The minimum atomic E-state index is -5.08. The summed E-state index contributed by atoms with van der Waals surface area (Å²) in [6.07, 6.45) is -2.33. The Hall–Kier alpha value is -10.8. The van der Waals surface area contributed by atoms with Gasteiger partial charge in [0.05, 0.1) is 12.8 Å². The fourth-order valence-corrected chi connectivity index (χ4v) is 11.8. The average molecular weight is 1440 g/mol. The lowest BCUT2D eigenvalue weighted by Crippen LogP contribution is -2.60. The molecule has 4 aliphatic heterocycles. The fourth-order valence-electron chi connectivity index (χ4n) is 11.8. The molecule has 554 valence electrons. The lowest BCUT2D eigenvalue weighted by Gasteiger charge is -2.38. The van der Waals surface area contributed by atoms with Crippen molar-refractivity contribution >= 4 is 77.1 Å². The topological polar surface area (TPSA) is 456 Å². The molecule has 4 aliphatic rings. The molecule has 4 aromatic rings. The molecule has 2 unspecified atom stereocenters. The average Bonchev–Trinajstić information content (AvgIpc) is 1.62. The zero-order valence-electron chi connectivity index (χ0n) is 55.6. The highest BCUT2D eigenvalue weighted by Gasteiger charge is 2.49. The quantitative estimate of drug-likeness (QED) is 0.0168. The Balaban J connectivity index is 0.000000309. The number of nitrogens with two attached hydrogens (primary N) is 4. The summed E-state index contributed by atoms with van der Waals surface area (Å²) in [5.41, 5.74) is 25.3. The van der Waals surface area contributed by atoms with Crippen LogP contribution in [-0.4, -0.2) is 189 Å². The molecule has 4 heterocycles. The van der Waals surface area contributed by atoms with Gasteiger partial charge in [-0.15, -0.1) is 0 Å². The molecule has 9 atom stereocenters. The van der Waals surface area contributed by atoms with Crippen LogP contribution < -0.4 is 54.8 Å². The smallest absolute Gasteiger partial charge is 0.480 e. The van der Waals surface area contributed by atoms with Crippen LogP contribution in [0.2, 0.25) is 0 Å². The zero-order chi connectivity index (χ0) is 75.1. The third-order valence-corrected chi connectivity index (χ3v) is 16.7. The summed E-state index contributed by atoms with van der Waals surface area (Å²) in [5, 5.41) is 40.9. The second-order valence-electron chi connectivity index (χ2n) is 24.3. The van der Waals surface area contributed by atoms with Crippen LogP contribution in [0.25, 0.3) is 0 Å². The molecule has 17 N–H and O–H groups in total. The van der Waals surface area contributed by atoms with Gasteiger partial charge >= 0.3 is 30.3 Å². The molecule has 0 radical (unpaired) electrons. The van der Waals surface area contributed by atoms with Crippen molar-refractivity contribution in [3.05, 3.63) is 144 Å². The van der Waals surface area contributed by atoms with Gasteiger partial charge in [0.25, 0.3) is 0 Å². The third kappa shape index (κ3) is 27.7. The number of carboxylic acid groups (broad SMARTS) is 3. The van der Waals surface area contributed by atoms with Gasteiger partial charge in [0.2, 0.25) is 47.3 Å². The second-order valence-corrected chi connectivity index (χ2v) is 24.3. The Morgan fingerprint density at radius 2 is 0.824 bits per heavy atom. The first kappa shape index (κ1) is 81.8. The van der Waals surface area contributed by atoms with E-state index in [0.29, 0.717) is 83.7 Å². The van der Waals surface area contributed by atoms with Crippen LogP contribution in [0.1, 0.15) is 106 Å². The van der Waals surface area contributed by atoms with Crippen LogP contribution in [0.5, 0.6) is 0 Å². The number of amides is 8. The van der Waals surface area contributed by atoms with Gasteiger partial charge in [0.15, 0.2) is 11.9 Å². The molecule has 0 aliphatic carbocycles. The van der Waals surface area contributed by atoms with Crippen molar-refractivity contribution in [3.8, 4) is 0 Å².